The molecule has 11 heavy (non-hydrogen) atoms. The minimum Gasteiger partial charge on any atom is -0.207 e. The summed E-state index contributed by atoms with van der Waals surface area (Å²) >= 11 is 0. The Morgan fingerprint density at radius 1 is 1.36 bits per heavy atom. The molecular weight excluding hydrogens is 169 g/mol. The van der Waals surface area contributed by atoms with Gasteiger partial charge in [-0.25, -0.2) is 4.39 Å². The van der Waals surface area contributed by atoms with Crippen molar-refractivity contribution in [1.29, 1.82) is 0 Å². The molecule has 0 atom stereocenters. The summed E-state index contributed by atoms with van der Waals surface area (Å²) in [6.45, 7) is 0. The van der Waals surface area contributed by atoms with Crippen LogP contribution in [0, 0.1) is 5.82 Å². The molecule has 0 bridgehead atoms. The fourth-order valence-corrected chi connectivity index (χ4v) is 0.905. The zero-order chi connectivity index (χ0) is 8.27. The molecule has 5 heteroatoms. The number of nitrogens with zero attached hydrogens (tertiary/aromatic N) is 1. The molecule has 0 amide bonds. The van der Waals surface area contributed by atoms with Crippen LogP contribution in [0.1, 0.15) is 0 Å². The van der Waals surface area contributed by atoms with Crippen LogP contribution in [0.3, 0.4) is 0 Å². The highest BCUT2D eigenvalue weighted by molar-refractivity contribution is 7.61. The van der Waals surface area contributed by atoms with Crippen molar-refractivity contribution in [2.24, 2.45) is 4.36 Å². The molecule has 1 aromatic carbocycles. The molecule has 0 aromatic heterocycles. The van der Waals surface area contributed by atoms with E-state index in [1.807, 2.05) is 0 Å². The molecule has 0 heterocycles. The van der Waals surface area contributed by atoms with E-state index in [-0.39, 0.29) is 5.69 Å². The fourth-order valence-electron chi connectivity index (χ4n) is 0.619. The number of hydrogen-bond acceptors (Lipinski definition) is 3. The van der Waals surface area contributed by atoms with Crippen molar-refractivity contribution in [3.05, 3.63) is 30.1 Å². The number of benzene rings is 1. The highest BCUT2D eigenvalue weighted by Crippen LogP contribution is 2.11. The van der Waals surface area contributed by atoms with Crippen molar-refractivity contribution >= 4 is 16.2 Å². The van der Waals surface area contributed by atoms with Crippen LogP contribution < -0.4 is 0 Å². The molecule has 1 rings (SSSR count). The standard InChI is InChI=1S/C6H4FNO2S/c7-5-2-1-3-6(4-5)8-11(9)10/h1-4H. The second-order valence-electron chi connectivity index (χ2n) is 1.79. The van der Waals surface area contributed by atoms with Gasteiger partial charge in [-0.1, -0.05) is 6.07 Å². The lowest BCUT2D eigenvalue weighted by molar-refractivity contribution is 0.622. The van der Waals surface area contributed by atoms with Gasteiger partial charge in [0.05, 0.1) is 5.69 Å². The summed E-state index contributed by atoms with van der Waals surface area (Å²) in [5.74, 6) is -0.503. The van der Waals surface area contributed by atoms with E-state index in [1.54, 1.807) is 0 Å². The lowest BCUT2D eigenvalue weighted by Crippen LogP contribution is -1.69. The smallest absolute Gasteiger partial charge is 0.207 e. The fraction of sp³-hybridized carbons (Fsp3) is 0. The van der Waals surface area contributed by atoms with Gasteiger partial charge in [0.15, 0.2) is 0 Å². The molecule has 0 N–H and O–H groups in total. The lowest BCUT2D eigenvalue weighted by atomic mass is 10.3. The molecule has 0 saturated heterocycles. The van der Waals surface area contributed by atoms with Crippen LogP contribution in [0.4, 0.5) is 10.1 Å². The van der Waals surface area contributed by atoms with Crippen molar-refractivity contribution in [3.8, 4) is 0 Å². The second-order valence-corrected chi connectivity index (χ2v) is 2.41. The van der Waals surface area contributed by atoms with E-state index in [1.165, 1.54) is 18.2 Å². The van der Waals surface area contributed by atoms with Gasteiger partial charge in [-0.3, -0.25) is 0 Å². The molecule has 0 radical (unpaired) electrons. The van der Waals surface area contributed by atoms with Gasteiger partial charge in [-0.2, -0.15) is 8.42 Å². The maximum Gasteiger partial charge on any atom is 0.316 e. The van der Waals surface area contributed by atoms with Gasteiger partial charge in [0.1, 0.15) is 5.82 Å². The van der Waals surface area contributed by atoms with E-state index >= 15 is 0 Å². The van der Waals surface area contributed by atoms with E-state index in [0.29, 0.717) is 0 Å². The van der Waals surface area contributed by atoms with Crippen LogP contribution in [-0.2, 0) is 10.5 Å². The first-order chi connectivity index (χ1) is 5.18. The summed E-state index contributed by atoms with van der Waals surface area (Å²) in [6.07, 6.45) is 0. The molecule has 0 aliphatic heterocycles. The Labute approximate surface area is 64.2 Å². The van der Waals surface area contributed by atoms with Crippen molar-refractivity contribution in [2.75, 3.05) is 0 Å². The normalized spacial score (nSPS) is 9.18. The first kappa shape index (κ1) is 7.87. The third-order valence-corrected chi connectivity index (χ3v) is 1.35. The largest absolute Gasteiger partial charge is 0.316 e. The average molecular weight is 173 g/mol. The lowest BCUT2D eigenvalue weighted by Gasteiger charge is -1.87. The predicted molar refractivity (Wildman–Crippen MR) is 37.4 cm³/mol. The highest BCUT2D eigenvalue weighted by Gasteiger charge is 1.90. The Balaban J connectivity index is 3.17. The van der Waals surface area contributed by atoms with Crippen molar-refractivity contribution < 1.29 is 12.8 Å². The Kier molecular flexibility index (Phi) is 2.32. The third-order valence-electron chi connectivity index (χ3n) is 0.988. The van der Waals surface area contributed by atoms with Crippen molar-refractivity contribution in [1.82, 2.24) is 0 Å². The van der Waals surface area contributed by atoms with E-state index in [2.05, 4.69) is 4.36 Å². The SMILES string of the molecule is O=S(=O)=Nc1cccc(F)c1. The highest BCUT2D eigenvalue weighted by atomic mass is 32.2. The minimum absolute atomic E-state index is 0.0957. The third kappa shape index (κ3) is 2.46. The Morgan fingerprint density at radius 2 is 2.09 bits per heavy atom. The van der Waals surface area contributed by atoms with Crippen LogP contribution in [-0.4, -0.2) is 8.42 Å². The van der Waals surface area contributed by atoms with Gasteiger partial charge >= 0.3 is 10.5 Å². The van der Waals surface area contributed by atoms with E-state index in [0.717, 1.165) is 6.07 Å². The zero-order valence-electron chi connectivity index (χ0n) is 5.36. The van der Waals surface area contributed by atoms with Crippen LogP contribution in [0.2, 0.25) is 0 Å². The van der Waals surface area contributed by atoms with Gasteiger partial charge in [-0.05, 0) is 12.1 Å². The van der Waals surface area contributed by atoms with E-state index < -0.39 is 16.3 Å². The van der Waals surface area contributed by atoms with Crippen molar-refractivity contribution in [2.45, 2.75) is 0 Å². The molecule has 0 spiro atoms. The topological polar surface area (TPSA) is 46.5 Å². The van der Waals surface area contributed by atoms with Crippen LogP contribution in [0.5, 0.6) is 0 Å². The second kappa shape index (κ2) is 3.25. The molecule has 1 aromatic rings. The molecule has 0 aliphatic carbocycles. The minimum atomic E-state index is -2.52. The summed E-state index contributed by atoms with van der Waals surface area (Å²) < 4.78 is 35.4. The molecule has 0 fully saturated rings. The number of rotatable bonds is 1. The van der Waals surface area contributed by atoms with Gasteiger partial charge in [-0.15, -0.1) is 4.36 Å². The first-order valence-electron chi connectivity index (χ1n) is 2.75. The maximum atomic E-state index is 12.4. The summed E-state index contributed by atoms with van der Waals surface area (Å²) in [7, 11) is -2.52. The number of halogens is 1. The van der Waals surface area contributed by atoms with Crippen LogP contribution in [0.25, 0.3) is 0 Å². The van der Waals surface area contributed by atoms with Gasteiger partial charge in [0.25, 0.3) is 0 Å². The Hall–Kier alpha value is -1.23. The molecular formula is C6H4FNO2S. The zero-order valence-corrected chi connectivity index (χ0v) is 6.18. The first-order valence-corrected chi connectivity index (χ1v) is 3.78. The summed E-state index contributed by atoms with van der Waals surface area (Å²) in [5.41, 5.74) is 0.0957. The monoisotopic (exact) mass is 173 g/mol. The van der Waals surface area contributed by atoms with Gasteiger partial charge in [0, 0.05) is 6.07 Å². The van der Waals surface area contributed by atoms with Crippen LogP contribution >= 0.6 is 0 Å². The molecule has 3 nitrogen and oxygen atoms in total. The summed E-state index contributed by atoms with van der Waals surface area (Å²) in [6, 6.07) is 5.04. The number of hydrogen-bond donors (Lipinski definition) is 0. The molecule has 0 saturated carbocycles. The Bertz CT molecular complexity index is 377. The quantitative estimate of drug-likeness (QED) is 0.646. The molecule has 58 valence electrons. The average Bonchev–Trinajstić information content (AvgIpc) is 1.85. The van der Waals surface area contributed by atoms with Crippen molar-refractivity contribution in [3.63, 3.8) is 0 Å². The maximum absolute atomic E-state index is 12.4. The van der Waals surface area contributed by atoms with Crippen LogP contribution in [0.15, 0.2) is 28.6 Å². The summed E-state index contributed by atoms with van der Waals surface area (Å²) in [5, 5.41) is 0. The molecule has 0 aliphatic rings. The van der Waals surface area contributed by atoms with Gasteiger partial charge < -0.3 is 0 Å². The predicted octanol–water partition coefficient (Wildman–Crippen LogP) is 1.52. The van der Waals surface area contributed by atoms with E-state index in [9.17, 15) is 12.8 Å². The Morgan fingerprint density at radius 3 is 2.64 bits per heavy atom. The molecule has 0 unspecified atom stereocenters. The van der Waals surface area contributed by atoms with E-state index in [4.69, 9.17) is 0 Å². The van der Waals surface area contributed by atoms with Gasteiger partial charge in [0.2, 0.25) is 0 Å². The summed E-state index contributed by atoms with van der Waals surface area (Å²) in [4.78, 5) is 0.